The minimum atomic E-state index is 0.159. The molecule has 2 fully saturated rings. The summed E-state index contributed by atoms with van der Waals surface area (Å²) >= 11 is 1.94. The Morgan fingerprint density at radius 1 is 1.22 bits per heavy atom. The van der Waals surface area contributed by atoms with Crippen LogP contribution in [0.4, 0.5) is 0 Å². The van der Waals surface area contributed by atoms with Crippen molar-refractivity contribution in [1.29, 1.82) is 0 Å². The topological polar surface area (TPSA) is 48.5 Å². The van der Waals surface area contributed by atoms with E-state index in [-0.39, 0.29) is 11.8 Å². The molecule has 2 aliphatic heterocycles. The lowest BCUT2D eigenvalue weighted by Gasteiger charge is -2.43. The summed E-state index contributed by atoms with van der Waals surface area (Å²) in [6, 6.07) is 7.21. The second-order valence-electron chi connectivity index (χ2n) is 7.92. The van der Waals surface area contributed by atoms with Gasteiger partial charge >= 0.3 is 0 Å². The first-order valence-electron chi connectivity index (χ1n) is 10.3. The van der Waals surface area contributed by atoms with Gasteiger partial charge in [0.1, 0.15) is 0 Å². The van der Waals surface area contributed by atoms with Crippen molar-refractivity contribution in [2.75, 3.05) is 38.2 Å². The highest BCUT2D eigenvalue weighted by Gasteiger charge is 2.31. The minimum Gasteiger partial charge on any atom is -0.350 e. The monoisotopic (exact) mass is 390 g/mol. The van der Waals surface area contributed by atoms with Gasteiger partial charge < -0.3 is 10.2 Å². The van der Waals surface area contributed by atoms with Crippen molar-refractivity contribution < 1.29 is 4.79 Å². The van der Waals surface area contributed by atoms with E-state index < -0.39 is 0 Å². The summed E-state index contributed by atoms with van der Waals surface area (Å²) in [5, 5.41) is 3.06. The first kappa shape index (κ1) is 20.6. The van der Waals surface area contributed by atoms with E-state index in [0.29, 0.717) is 18.6 Å². The Kier molecular flexibility index (Phi) is 7.97. The molecule has 1 N–H and O–H groups in total. The second kappa shape index (κ2) is 10.4. The van der Waals surface area contributed by atoms with Crippen LogP contribution < -0.4 is 5.32 Å². The van der Waals surface area contributed by atoms with Gasteiger partial charge in [-0.1, -0.05) is 6.07 Å². The van der Waals surface area contributed by atoms with Crippen molar-refractivity contribution in [2.24, 2.45) is 5.92 Å². The molecule has 150 valence electrons. The molecule has 0 aliphatic carbocycles. The zero-order valence-electron chi connectivity index (χ0n) is 16.8. The van der Waals surface area contributed by atoms with Crippen LogP contribution in [-0.2, 0) is 11.3 Å². The number of piperidine rings is 2. The van der Waals surface area contributed by atoms with Gasteiger partial charge in [-0.2, -0.15) is 11.8 Å². The third-order valence-corrected chi connectivity index (χ3v) is 6.93. The van der Waals surface area contributed by atoms with Crippen LogP contribution in [0, 0.1) is 5.92 Å². The fourth-order valence-electron chi connectivity index (χ4n) is 4.39. The van der Waals surface area contributed by atoms with E-state index in [4.69, 9.17) is 0 Å². The van der Waals surface area contributed by atoms with Gasteiger partial charge in [-0.25, -0.2) is 0 Å². The Hall–Kier alpha value is -1.11. The molecule has 2 aliphatic rings. The maximum Gasteiger partial charge on any atom is 0.223 e. The van der Waals surface area contributed by atoms with Crippen molar-refractivity contribution >= 4 is 17.7 Å². The van der Waals surface area contributed by atoms with Gasteiger partial charge in [-0.3, -0.25) is 14.7 Å². The highest BCUT2D eigenvalue weighted by Crippen LogP contribution is 2.25. The lowest BCUT2D eigenvalue weighted by atomic mass is 9.92. The van der Waals surface area contributed by atoms with Gasteiger partial charge in [0.05, 0.1) is 12.2 Å². The molecule has 0 radical (unpaired) electrons. The predicted molar refractivity (Wildman–Crippen MR) is 113 cm³/mol. The van der Waals surface area contributed by atoms with Crippen molar-refractivity contribution in [3.63, 3.8) is 0 Å². The van der Waals surface area contributed by atoms with Gasteiger partial charge in [-0.15, -0.1) is 0 Å². The first-order chi connectivity index (χ1) is 13.2. The molecule has 3 rings (SSSR count). The van der Waals surface area contributed by atoms with E-state index in [1.807, 2.05) is 30.0 Å². The predicted octanol–water partition coefficient (Wildman–Crippen LogP) is 2.63. The molecular weight excluding hydrogens is 356 g/mol. The number of amides is 1. The summed E-state index contributed by atoms with van der Waals surface area (Å²) < 4.78 is 0. The van der Waals surface area contributed by atoms with E-state index >= 15 is 0 Å². The summed E-state index contributed by atoms with van der Waals surface area (Å²) in [4.78, 5) is 22.0. The van der Waals surface area contributed by atoms with Crippen LogP contribution in [0.5, 0.6) is 0 Å². The van der Waals surface area contributed by atoms with Gasteiger partial charge in [0.15, 0.2) is 0 Å². The van der Waals surface area contributed by atoms with E-state index in [9.17, 15) is 4.79 Å². The molecule has 0 bridgehead atoms. The third-order valence-electron chi connectivity index (χ3n) is 6.12. The van der Waals surface area contributed by atoms with Gasteiger partial charge in [0, 0.05) is 30.0 Å². The van der Waals surface area contributed by atoms with Crippen LogP contribution in [0.2, 0.25) is 0 Å². The van der Waals surface area contributed by atoms with Crippen LogP contribution in [0.1, 0.15) is 38.3 Å². The largest absolute Gasteiger partial charge is 0.350 e. The number of hydrogen-bond donors (Lipinski definition) is 1. The number of pyridine rings is 1. The van der Waals surface area contributed by atoms with Crippen LogP contribution >= 0.6 is 11.8 Å². The molecule has 2 saturated heterocycles. The van der Waals surface area contributed by atoms with Crippen LogP contribution in [-0.4, -0.2) is 71.0 Å². The van der Waals surface area contributed by atoms with Crippen molar-refractivity contribution in [2.45, 2.75) is 51.2 Å². The number of rotatable bonds is 7. The molecule has 0 aromatic carbocycles. The standard InChI is InChI=1S/C21H34N4OS/c1-17(16-27-2)24-13-8-20(9-14-24)25-11-6-18(7-12-25)21(26)23-15-19-5-3-4-10-22-19/h3-5,10,17-18,20H,6-9,11-16H2,1-2H3,(H,23,26). The highest BCUT2D eigenvalue weighted by molar-refractivity contribution is 7.98. The molecular formula is C21H34N4OS. The van der Waals surface area contributed by atoms with Gasteiger partial charge in [0.25, 0.3) is 0 Å². The molecule has 6 heteroatoms. The quantitative estimate of drug-likeness (QED) is 0.776. The lowest BCUT2D eigenvalue weighted by molar-refractivity contribution is -0.126. The normalized spacial score (nSPS) is 21.9. The average molecular weight is 391 g/mol. The zero-order chi connectivity index (χ0) is 19.1. The summed E-state index contributed by atoms with van der Waals surface area (Å²) in [5.74, 6) is 1.58. The molecule has 1 aromatic heterocycles. The molecule has 5 nitrogen and oxygen atoms in total. The fraction of sp³-hybridized carbons (Fsp3) is 0.714. The van der Waals surface area contributed by atoms with Crippen molar-refractivity contribution in [3.05, 3.63) is 30.1 Å². The SMILES string of the molecule is CSCC(C)N1CCC(N2CCC(C(=O)NCc3ccccn3)CC2)CC1. The highest BCUT2D eigenvalue weighted by atomic mass is 32.2. The molecule has 1 atom stereocenters. The van der Waals surface area contributed by atoms with E-state index in [1.54, 1.807) is 6.20 Å². The Bertz CT molecular complexity index is 569. The molecule has 1 unspecified atom stereocenters. The second-order valence-corrected chi connectivity index (χ2v) is 8.83. The number of aromatic nitrogens is 1. The number of thioether (sulfide) groups is 1. The average Bonchev–Trinajstić information content (AvgIpc) is 2.73. The number of nitrogens with one attached hydrogen (secondary N) is 1. The summed E-state index contributed by atoms with van der Waals surface area (Å²) in [6.07, 6.45) is 8.48. The fourth-order valence-corrected chi connectivity index (χ4v) is 5.08. The molecule has 27 heavy (non-hydrogen) atoms. The molecule has 0 spiro atoms. The Morgan fingerprint density at radius 3 is 2.59 bits per heavy atom. The summed E-state index contributed by atoms with van der Waals surface area (Å²) in [7, 11) is 0. The molecule has 3 heterocycles. The van der Waals surface area contributed by atoms with Crippen molar-refractivity contribution in [3.8, 4) is 0 Å². The number of carbonyl (C=O) groups excluding carboxylic acids is 1. The number of hydrogen-bond acceptors (Lipinski definition) is 5. The zero-order valence-corrected chi connectivity index (χ0v) is 17.6. The molecule has 0 saturated carbocycles. The lowest BCUT2D eigenvalue weighted by Crippen LogP contribution is -2.50. The number of carbonyl (C=O) groups is 1. The summed E-state index contributed by atoms with van der Waals surface area (Å²) in [6.45, 7) is 7.45. The third kappa shape index (κ3) is 5.93. The van der Waals surface area contributed by atoms with Crippen molar-refractivity contribution in [1.82, 2.24) is 20.1 Å². The maximum atomic E-state index is 12.5. The number of nitrogens with zero attached hydrogens (tertiary/aromatic N) is 3. The Morgan fingerprint density at radius 2 is 1.96 bits per heavy atom. The Labute approximate surface area is 168 Å². The van der Waals surface area contributed by atoms with Crippen LogP contribution in [0.25, 0.3) is 0 Å². The molecule has 1 aromatic rings. The first-order valence-corrected chi connectivity index (χ1v) is 11.7. The van der Waals surface area contributed by atoms with Gasteiger partial charge in [-0.05, 0) is 77.2 Å². The number of likely N-dealkylation sites (tertiary alicyclic amines) is 2. The van der Waals surface area contributed by atoms with Gasteiger partial charge in [0.2, 0.25) is 5.91 Å². The minimum absolute atomic E-state index is 0.159. The summed E-state index contributed by atoms with van der Waals surface area (Å²) in [5.41, 5.74) is 0.922. The maximum absolute atomic E-state index is 12.5. The smallest absolute Gasteiger partial charge is 0.223 e. The molecule has 1 amide bonds. The van der Waals surface area contributed by atoms with E-state index in [1.165, 1.54) is 31.7 Å². The van der Waals surface area contributed by atoms with Crippen LogP contribution in [0.3, 0.4) is 0 Å². The Balaban J connectivity index is 1.37. The van der Waals surface area contributed by atoms with E-state index in [2.05, 4.69) is 33.3 Å². The van der Waals surface area contributed by atoms with Crippen LogP contribution in [0.15, 0.2) is 24.4 Å². The van der Waals surface area contributed by atoms with E-state index in [0.717, 1.165) is 31.6 Å².